The fraction of sp³-hybridized carbons (Fsp3) is 0.259. The van der Waals surface area contributed by atoms with E-state index in [1.807, 2.05) is 24.3 Å². The second kappa shape index (κ2) is 12.6. The van der Waals surface area contributed by atoms with Crippen LogP contribution in [0.25, 0.3) is 22.4 Å². The minimum absolute atomic E-state index is 0.0941. The molecule has 8 nitrogen and oxygen atoms in total. The van der Waals surface area contributed by atoms with E-state index in [2.05, 4.69) is 11.1 Å². The van der Waals surface area contributed by atoms with Gasteiger partial charge in [-0.25, -0.2) is 4.98 Å². The Morgan fingerprint density at radius 1 is 0.889 bits per heavy atom. The Balaban J connectivity index is 2.19. The number of esters is 2. The normalized spacial score (nSPS) is 10.4. The minimum Gasteiger partial charge on any atom is -0.497 e. The van der Waals surface area contributed by atoms with Gasteiger partial charge in [0.15, 0.2) is 0 Å². The predicted octanol–water partition coefficient (Wildman–Crippen LogP) is 4.89. The fourth-order valence-electron chi connectivity index (χ4n) is 3.36. The van der Waals surface area contributed by atoms with E-state index in [4.69, 9.17) is 18.9 Å². The molecule has 0 aliphatic carbocycles. The molecule has 2 aromatic carbocycles. The summed E-state index contributed by atoms with van der Waals surface area (Å²) < 4.78 is 20.7. The number of thioether (sulfide) groups is 1. The molecule has 186 valence electrons. The molecule has 0 fully saturated rings. The summed E-state index contributed by atoms with van der Waals surface area (Å²) in [4.78, 5) is 29.9. The maximum atomic E-state index is 12.6. The first kappa shape index (κ1) is 26.6. The first-order chi connectivity index (χ1) is 17.4. The molecular weight excluding hydrogens is 480 g/mol. The molecule has 0 aliphatic heterocycles. The Hall–Kier alpha value is -4.03. The van der Waals surface area contributed by atoms with Crippen molar-refractivity contribution >= 4 is 23.7 Å². The average molecular weight is 507 g/mol. The molecule has 3 rings (SSSR count). The smallest absolute Gasteiger partial charge is 0.331 e. The van der Waals surface area contributed by atoms with Crippen LogP contribution in [0.1, 0.15) is 19.4 Å². The lowest BCUT2D eigenvalue weighted by Crippen LogP contribution is -2.31. The van der Waals surface area contributed by atoms with Crippen LogP contribution in [0.5, 0.6) is 11.5 Å². The number of aromatic nitrogens is 1. The number of hydrogen-bond acceptors (Lipinski definition) is 9. The van der Waals surface area contributed by atoms with Crippen LogP contribution in [-0.2, 0) is 19.1 Å². The Kier molecular flexibility index (Phi) is 9.31. The first-order valence-corrected chi connectivity index (χ1v) is 12.1. The quantitative estimate of drug-likeness (QED) is 0.216. The zero-order valence-electron chi connectivity index (χ0n) is 20.4. The number of rotatable bonds is 10. The molecule has 36 heavy (non-hydrogen) atoms. The Labute approximate surface area is 214 Å². The van der Waals surface area contributed by atoms with E-state index >= 15 is 0 Å². The Morgan fingerprint density at radius 3 is 1.83 bits per heavy atom. The highest BCUT2D eigenvalue weighted by atomic mass is 32.2. The number of nitrogens with zero attached hydrogens (tertiary/aromatic N) is 2. The summed E-state index contributed by atoms with van der Waals surface area (Å²) in [6.07, 6.45) is 0. The molecule has 0 bridgehead atoms. The van der Waals surface area contributed by atoms with E-state index in [9.17, 15) is 14.9 Å². The molecule has 0 N–H and O–H groups in total. The third-order valence-corrected chi connectivity index (χ3v) is 6.25. The van der Waals surface area contributed by atoms with Gasteiger partial charge in [-0.1, -0.05) is 23.9 Å². The van der Waals surface area contributed by atoms with Gasteiger partial charge in [-0.2, -0.15) is 5.26 Å². The topological polar surface area (TPSA) is 108 Å². The number of pyridine rings is 1. The standard InChI is InChI=1S/C27H26N2O6S/c1-5-34-26(30)24(27(31)35-6-2)36-25-22(16-28)21(17-7-11-19(32-3)12-8-17)15-23(29-25)18-9-13-20(33-4)14-10-18/h7-15,24H,5-6H2,1-4H3. The van der Waals surface area contributed by atoms with Crippen molar-refractivity contribution in [1.82, 2.24) is 4.98 Å². The first-order valence-electron chi connectivity index (χ1n) is 11.2. The van der Waals surface area contributed by atoms with E-state index < -0.39 is 17.2 Å². The highest BCUT2D eigenvalue weighted by Crippen LogP contribution is 2.37. The Bertz CT molecular complexity index is 1230. The van der Waals surface area contributed by atoms with Crippen LogP contribution < -0.4 is 9.47 Å². The zero-order chi connectivity index (χ0) is 26.1. The van der Waals surface area contributed by atoms with Gasteiger partial charge in [-0.05, 0) is 61.9 Å². The maximum absolute atomic E-state index is 12.6. The lowest BCUT2D eigenvalue weighted by atomic mass is 9.99. The summed E-state index contributed by atoms with van der Waals surface area (Å²) in [6.45, 7) is 3.49. The van der Waals surface area contributed by atoms with Crippen LogP contribution in [0.4, 0.5) is 0 Å². The van der Waals surface area contributed by atoms with Crippen molar-refractivity contribution < 1.29 is 28.5 Å². The molecule has 0 spiro atoms. The van der Waals surface area contributed by atoms with E-state index in [0.29, 0.717) is 22.8 Å². The van der Waals surface area contributed by atoms with E-state index in [1.165, 1.54) is 0 Å². The zero-order valence-corrected chi connectivity index (χ0v) is 21.3. The third kappa shape index (κ3) is 6.15. The second-order valence-electron chi connectivity index (χ2n) is 7.31. The van der Waals surface area contributed by atoms with Crippen LogP contribution in [0.3, 0.4) is 0 Å². The predicted molar refractivity (Wildman–Crippen MR) is 136 cm³/mol. The average Bonchev–Trinajstić information content (AvgIpc) is 2.91. The maximum Gasteiger partial charge on any atom is 0.331 e. The van der Waals surface area contributed by atoms with Crippen molar-refractivity contribution in [2.75, 3.05) is 27.4 Å². The molecule has 0 saturated heterocycles. The van der Waals surface area contributed by atoms with Crippen molar-refractivity contribution in [3.63, 3.8) is 0 Å². The van der Waals surface area contributed by atoms with Gasteiger partial charge >= 0.3 is 11.9 Å². The van der Waals surface area contributed by atoms with E-state index in [0.717, 1.165) is 22.9 Å². The van der Waals surface area contributed by atoms with Crippen LogP contribution in [0.2, 0.25) is 0 Å². The van der Waals surface area contributed by atoms with Crippen molar-refractivity contribution in [2.24, 2.45) is 0 Å². The molecular formula is C27H26N2O6S. The largest absolute Gasteiger partial charge is 0.497 e. The molecule has 0 atom stereocenters. The van der Waals surface area contributed by atoms with Crippen LogP contribution >= 0.6 is 11.8 Å². The van der Waals surface area contributed by atoms with Gasteiger partial charge in [-0.15, -0.1) is 0 Å². The van der Waals surface area contributed by atoms with Crippen molar-refractivity contribution in [3.05, 3.63) is 60.2 Å². The number of benzene rings is 2. The lowest BCUT2D eigenvalue weighted by Gasteiger charge is -2.17. The van der Waals surface area contributed by atoms with E-state index in [1.54, 1.807) is 58.4 Å². The van der Waals surface area contributed by atoms with Gasteiger partial charge in [-0.3, -0.25) is 9.59 Å². The SMILES string of the molecule is CCOC(=O)C(Sc1nc(-c2ccc(OC)cc2)cc(-c2ccc(OC)cc2)c1C#N)C(=O)OCC. The monoisotopic (exact) mass is 506 g/mol. The highest BCUT2D eigenvalue weighted by molar-refractivity contribution is 8.01. The molecule has 1 aromatic heterocycles. The molecule has 3 aromatic rings. The number of carbonyl (C=O) groups is 2. The minimum atomic E-state index is -1.33. The van der Waals surface area contributed by atoms with Crippen molar-refractivity contribution in [2.45, 2.75) is 24.1 Å². The highest BCUT2D eigenvalue weighted by Gasteiger charge is 2.33. The summed E-state index contributed by atoms with van der Waals surface area (Å²) in [5, 5.41) is 8.99. The van der Waals surface area contributed by atoms with Crippen LogP contribution in [0, 0.1) is 11.3 Å². The van der Waals surface area contributed by atoms with Gasteiger partial charge < -0.3 is 18.9 Å². The summed E-state index contributed by atoms with van der Waals surface area (Å²) in [5.41, 5.74) is 2.88. The van der Waals surface area contributed by atoms with Gasteiger partial charge in [0.25, 0.3) is 0 Å². The molecule has 9 heteroatoms. The summed E-state index contributed by atoms with van der Waals surface area (Å²) >= 11 is 0.837. The number of ether oxygens (including phenoxy) is 4. The summed E-state index contributed by atoms with van der Waals surface area (Å²) in [6, 6.07) is 18.5. The number of hydrogen-bond donors (Lipinski definition) is 0. The summed E-state index contributed by atoms with van der Waals surface area (Å²) in [7, 11) is 3.15. The molecule has 0 saturated carbocycles. The van der Waals surface area contributed by atoms with Gasteiger partial charge in [0, 0.05) is 11.1 Å². The van der Waals surface area contributed by atoms with Crippen LogP contribution in [0.15, 0.2) is 59.6 Å². The number of methoxy groups -OCH3 is 2. The Morgan fingerprint density at radius 2 is 1.39 bits per heavy atom. The molecule has 0 amide bonds. The molecule has 1 heterocycles. The van der Waals surface area contributed by atoms with Crippen LogP contribution in [-0.4, -0.2) is 49.6 Å². The second-order valence-corrected chi connectivity index (χ2v) is 8.40. The molecule has 0 aliphatic rings. The van der Waals surface area contributed by atoms with Gasteiger partial charge in [0.1, 0.15) is 22.6 Å². The van der Waals surface area contributed by atoms with Gasteiger partial charge in [0.05, 0.1) is 38.7 Å². The number of nitriles is 1. The lowest BCUT2D eigenvalue weighted by molar-refractivity contribution is -0.152. The van der Waals surface area contributed by atoms with Crippen molar-refractivity contribution in [1.29, 1.82) is 5.26 Å². The number of carbonyl (C=O) groups excluding carboxylic acids is 2. The fourth-order valence-corrected chi connectivity index (χ4v) is 4.34. The summed E-state index contributed by atoms with van der Waals surface area (Å²) in [5.74, 6) is -0.164. The van der Waals surface area contributed by atoms with Crippen molar-refractivity contribution in [3.8, 4) is 40.0 Å². The van der Waals surface area contributed by atoms with E-state index in [-0.39, 0.29) is 23.8 Å². The molecule has 0 unspecified atom stereocenters. The third-order valence-electron chi connectivity index (χ3n) is 5.12. The van der Waals surface area contributed by atoms with Gasteiger partial charge in [0.2, 0.25) is 5.25 Å². The molecule has 0 radical (unpaired) electrons.